The summed E-state index contributed by atoms with van der Waals surface area (Å²) < 4.78 is 0. The van der Waals surface area contributed by atoms with Gasteiger partial charge in [0.25, 0.3) is 5.91 Å². The summed E-state index contributed by atoms with van der Waals surface area (Å²) >= 11 is 0. The predicted molar refractivity (Wildman–Crippen MR) is 108 cm³/mol. The van der Waals surface area contributed by atoms with Gasteiger partial charge in [-0.1, -0.05) is 12.8 Å². The second-order valence-electron chi connectivity index (χ2n) is 8.04. The van der Waals surface area contributed by atoms with Crippen LogP contribution in [-0.4, -0.2) is 55.0 Å². The summed E-state index contributed by atoms with van der Waals surface area (Å²) in [4.78, 5) is 29.1. The fourth-order valence-corrected chi connectivity index (χ4v) is 4.22. The van der Waals surface area contributed by atoms with E-state index in [1.165, 1.54) is 0 Å². The third kappa shape index (κ3) is 4.80. The molecule has 0 bridgehead atoms. The maximum absolute atomic E-state index is 12.6. The Morgan fingerprint density at radius 1 is 1.04 bits per heavy atom. The minimum Gasteiger partial charge on any atom is -0.369 e. The number of anilines is 1. The number of carbonyl (C=O) groups excluding carboxylic acids is 2. The smallest absolute Gasteiger partial charge is 0.251 e. The van der Waals surface area contributed by atoms with E-state index >= 15 is 0 Å². The average molecular weight is 373 g/mol. The van der Waals surface area contributed by atoms with Gasteiger partial charge < -0.3 is 16.0 Å². The van der Waals surface area contributed by atoms with Crippen LogP contribution in [0.2, 0.25) is 0 Å². The second kappa shape index (κ2) is 8.74. The molecule has 1 saturated heterocycles. The molecule has 0 spiro atoms. The summed E-state index contributed by atoms with van der Waals surface area (Å²) in [5.41, 5.74) is 7.29. The van der Waals surface area contributed by atoms with Gasteiger partial charge in [0.15, 0.2) is 0 Å². The Bertz CT molecular complexity index is 651. The molecule has 2 fully saturated rings. The van der Waals surface area contributed by atoms with Gasteiger partial charge in [-0.05, 0) is 51.0 Å². The first kappa shape index (κ1) is 19.7. The summed E-state index contributed by atoms with van der Waals surface area (Å²) in [7, 11) is 0. The van der Waals surface area contributed by atoms with Crippen LogP contribution in [0, 0.1) is 5.92 Å². The quantitative estimate of drug-likeness (QED) is 0.829. The maximum Gasteiger partial charge on any atom is 0.251 e. The minimum absolute atomic E-state index is 0.121. The van der Waals surface area contributed by atoms with Gasteiger partial charge in [-0.3, -0.25) is 14.5 Å². The Kier molecular flexibility index (Phi) is 6.37. The number of rotatable bonds is 5. The molecule has 1 saturated carbocycles. The summed E-state index contributed by atoms with van der Waals surface area (Å²) in [6.07, 6.45) is 3.61. The fraction of sp³-hybridized carbons (Fsp3) is 0.619. The van der Waals surface area contributed by atoms with E-state index in [2.05, 4.69) is 29.0 Å². The fourth-order valence-electron chi connectivity index (χ4n) is 4.22. The molecule has 2 atom stereocenters. The van der Waals surface area contributed by atoms with Crippen molar-refractivity contribution in [1.29, 1.82) is 0 Å². The highest BCUT2D eigenvalue weighted by Gasteiger charge is 2.30. The molecule has 2 aliphatic rings. The Labute approximate surface area is 162 Å². The number of hydrogen-bond acceptors (Lipinski definition) is 4. The number of amides is 2. The van der Waals surface area contributed by atoms with Crippen LogP contribution in [0.1, 0.15) is 49.9 Å². The molecule has 3 N–H and O–H groups in total. The molecule has 0 aromatic heterocycles. The molecule has 6 heteroatoms. The molecule has 148 valence electrons. The molecule has 1 aliphatic heterocycles. The lowest BCUT2D eigenvalue weighted by atomic mass is 9.84. The molecular weight excluding hydrogens is 340 g/mol. The van der Waals surface area contributed by atoms with E-state index in [9.17, 15) is 9.59 Å². The largest absolute Gasteiger partial charge is 0.369 e. The Hall–Kier alpha value is -2.08. The van der Waals surface area contributed by atoms with Crippen LogP contribution in [0.5, 0.6) is 0 Å². The van der Waals surface area contributed by atoms with E-state index in [0.29, 0.717) is 11.6 Å². The number of piperazine rings is 1. The topological polar surface area (TPSA) is 78.7 Å². The molecule has 1 heterocycles. The zero-order valence-corrected chi connectivity index (χ0v) is 16.5. The predicted octanol–water partition coefficient (Wildman–Crippen LogP) is 1.99. The van der Waals surface area contributed by atoms with E-state index < -0.39 is 0 Å². The lowest BCUT2D eigenvalue weighted by Gasteiger charge is -2.38. The molecule has 3 rings (SSSR count). The van der Waals surface area contributed by atoms with Gasteiger partial charge >= 0.3 is 0 Å². The number of primary amides is 1. The zero-order chi connectivity index (χ0) is 19.4. The summed E-state index contributed by atoms with van der Waals surface area (Å²) in [5, 5.41) is 3.02. The molecule has 2 amide bonds. The Morgan fingerprint density at radius 2 is 1.67 bits per heavy atom. The summed E-state index contributed by atoms with van der Waals surface area (Å²) in [6, 6.07) is 8.23. The second-order valence-corrected chi connectivity index (χ2v) is 8.04. The molecule has 1 aromatic carbocycles. The van der Waals surface area contributed by atoms with Gasteiger partial charge in [0, 0.05) is 49.5 Å². The first-order valence-corrected chi connectivity index (χ1v) is 10.1. The monoisotopic (exact) mass is 372 g/mol. The summed E-state index contributed by atoms with van der Waals surface area (Å²) in [6.45, 7) is 8.61. The first-order valence-electron chi connectivity index (χ1n) is 10.1. The van der Waals surface area contributed by atoms with Crippen molar-refractivity contribution in [2.45, 2.75) is 51.6 Å². The van der Waals surface area contributed by atoms with Gasteiger partial charge in [0.05, 0.1) is 5.92 Å². The number of carbonyl (C=O) groups is 2. The SMILES string of the molecule is CC(C)N1CCN(c2ccc(C(=O)NC3CCCCC3C(N)=O)cc2)CC1. The van der Waals surface area contributed by atoms with E-state index in [1.54, 1.807) is 0 Å². The highest BCUT2D eigenvalue weighted by Crippen LogP contribution is 2.25. The van der Waals surface area contributed by atoms with Crippen LogP contribution in [-0.2, 0) is 4.79 Å². The Morgan fingerprint density at radius 3 is 2.26 bits per heavy atom. The van der Waals surface area contributed by atoms with Crippen molar-refractivity contribution in [3.63, 3.8) is 0 Å². The number of benzene rings is 1. The first-order chi connectivity index (χ1) is 13.0. The van der Waals surface area contributed by atoms with Crippen LogP contribution in [0.25, 0.3) is 0 Å². The van der Waals surface area contributed by atoms with Crippen molar-refractivity contribution in [2.24, 2.45) is 11.7 Å². The number of nitrogens with two attached hydrogens (primary N) is 1. The average Bonchev–Trinajstić information content (AvgIpc) is 2.68. The molecule has 1 aromatic rings. The molecule has 1 aliphatic carbocycles. The van der Waals surface area contributed by atoms with E-state index in [1.807, 2.05) is 24.3 Å². The Balaban J connectivity index is 1.58. The van der Waals surface area contributed by atoms with Crippen LogP contribution in [0.4, 0.5) is 5.69 Å². The highest BCUT2D eigenvalue weighted by molar-refractivity contribution is 5.95. The van der Waals surface area contributed by atoms with E-state index in [0.717, 1.165) is 57.5 Å². The lowest BCUT2D eigenvalue weighted by molar-refractivity contribution is -0.123. The third-order valence-electron chi connectivity index (χ3n) is 5.99. The van der Waals surface area contributed by atoms with Gasteiger partial charge in [-0.15, -0.1) is 0 Å². The van der Waals surface area contributed by atoms with Crippen molar-refractivity contribution in [2.75, 3.05) is 31.1 Å². The lowest BCUT2D eigenvalue weighted by Crippen LogP contribution is -2.49. The van der Waals surface area contributed by atoms with Crippen molar-refractivity contribution in [3.05, 3.63) is 29.8 Å². The van der Waals surface area contributed by atoms with Gasteiger partial charge in [-0.25, -0.2) is 0 Å². The van der Waals surface area contributed by atoms with Crippen molar-refractivity contribution < 1.29 is 9.59 Å². The zero-order valence-electron chi connectivity index (χ0n) is 16.5. The standard InChI is InChI=1S/C21H32N4O2/c1-15(2)24-11-13-25(14-12-24)17-9-7-16(8-10-17)21(27)23-19-6-4-3-5-18(19)20(22)26/h7-10,15,18-19H,3-6,11-14H2,1-2H3,(H2,22,26)(H,23,27). The van der Waals surface area contributed by atoms with Gasteiger partial charge in [0.2, 0.25) is 5.91 Å². The molecular formula is C21H32N4O2. The molecule has 0 radical (unpaired) electrons. The number of nitrogens with zero attached hydrogens (tertiary/aromatic N) is 2. The highest BCUT2D eigenvalue weighted by atomic mass is 16.2. The maximum atomic E-state index is 12.6. The van der Waals surface area contributed by atoms with Crippen molar-refractivity contribution >= 4 is 17.5 Å². The van der Waals surface area contributed by atoms with E-state index in [4.69, 9.17) is 5.73 Å². The third-order valence-corrected chi connectivity index (χ3v) is 5.99. The van der Waals surface area contributed by atoms with Gasteiger partial charge in [0.1, 0.15) is 0 Å². The van der Waals surface area contributed by atoms with Gasteiger partial charge in [-0.2, -0.15) is 0 Å². The van der Waals surface area contributed by atoms with Crippen LogP contribution in [0.3, 0.4) is 0 Å². The number of hydrogen-bond donors (Lipinski definition) is 2. The molecule has 27 heavy (non-hydrogen) atoms. The van der Waals surface area contributed by atoms with Crippen LogP contribution >= 0.6 is 0 Å². The van der Waals surface area contributed by atoms with Crippen molar-refractivity contribution in [1.82, 2.24) is 10.2 Å². The minimum atomic E-state index is -0.309. The summed E-state index contributed by atoms with van der Waals surface area (Å²) in [5.74, 6) is -0.681. The van der Waals surface area contributed by atoms with E-state index in [-0.39, 0.29) is 23.8 Å². The number of nitrogens with one attached hydrogen (secondary N) is 1. The van der Waals surface area contributed by atoms with Crippen LogP contribution < -0.4 is 16.0 Å². The van der Waals surface area contributed by atoms with Crippen LogP contribution in [0.15, 0.2) is 24.3 Å². The van der Waals surface area contributed by atoms with Crippen molar-refractivity contribution in [3.8, 4) is 0 Å². The normalized spacial score (nSPS) is 24.0. The molecule has 6 nitrogen and oxygen atoms in total. The molecule has 2 unspecified atom stereocenters.